The summed E-state index contributed by atoms with van der Waals surface area (Å²) in [5.41, 5.74) is 1.41. The monoisotopic (exact) mass is 628 g/mol. The first-order valence-corrected chi connectivity index (χ1v) is 13.4. The van der Waals surface area contributed by atoms with Crippen LogP contribution in [-0.2, 0) is 17.5 Å². The van der Waals surface area contributed by atoms with E-state index in [1.807, 2.05) is 0 Å². The molecule has 13 heteroatoms. The molecule has 1 saturated heterocycles. The van der Waals surface area contributed by atoms with Gasteiger partial charge in [0.15, 0.2) is 0 Å². The van der Waals surface area contributed by atoms with Crippen molar-refractivity contribution in [2.24, 2.45) is 0 Å². The van der Waals surface area contributed by atoms with E-state index in [0.29, 0.717) is 46.6 Å². The number of benzene rings is 2. The highest BCUT2D eigenvalue weighted by molar-refractivity contribution is 9.10. The molecule has 1 aliphatic heterocycles. The Balaban J connectivity index is 1.35. The maximum absolute atomic E-state index is 13.5. The van der Waals surface area contributed by atoms with Crippen molar-refractivity contribution in [2.75, 3.05) is 11.9 Å². The smallest absolute Gasteiger partial charge is 0.354 e. The molecule has 41 heavy (non-hydrogen) atoms. The minimum absolute atomic E-state index is 0.0425. The lowest BCUT2D eigenvalue weighted by Crippen LogP contribution is -2.40. The van der Waals surface area contributed by atoms with Crippen LogP contribution in [0.25, 0.3) is 10.9 Å². The third kappa shape index (κ3) is 5.94. The Hall–Kier alpha value is -4.26. The maximum Gasteiger partial charge on any atom is 0.433 e. The molecular formula is C28H24BrF3N6O3. The molecule has 1 atom stereocenters. The van der Waals surface area contributed by atoms with Crippen LogP contribution in [0.4, 0.5) is 18.9 Å². The van der Waals surface area contributed by atoms with E-state index in [4.69, 9.17) is 0 Å². The van der Waals surface area contributed by atoms with Crippen molar-refractivity contribution < 1.29 is 27.6 Å². The quantitative estimate of drug-likeness (QED) is 0.285. The topological polar surface area (TPSA) is 118 Å². The van der Waals surface area contributed by atoms with Crippen molar-refractivity contribution in [3.63, 3.8) is 0 Å². The van der Waals surface area contributed by atoms with Crippen LogP contribution in [0, 0.1) is 13.8 Å². The molecule has 0 saturated carbocycles. The fraction of sp³-hybridized carbons (Fsp3) is 0.250. The number of pyridine rings is 1. The summed E-state index contributed by atoms with van der Waals surface area (Å²) in [5.74, 6) is -1.27. The van der Waals surface area contributed by atoms with Gasteiger partial charge in [-0.3, -0.25) is 19.1 Å². The highest BCUT2D eigenvalue weighted by Crippen LogP contribution is 2.32. The van der Waals surface area contributed by atoms with Crippen LogP contribution in [0.15, 0.2) is 53.0 Å². The fourth-order valence-corrected chi connectivity index (χ4v) is 5.01. The summed E-state index contributed by atoms with van der Waals surface area (Å²) in [6.07, 6.45) is -4.19. The average Bonchev–Trinajstić information content (AvgIpc) is 3.44. The zero-order chi connectivity index (χ0) is 29.5. The fourth-order valence-electron chi connectivity index (χ4n) is 4.65. The Kier molecular flexibility index (Phi) is 7.56. The number of carbonyl (C=O) groups excluding carboxylic acids is 3. The predicted octanol–water partition coefficient (Wildman–Crippen LogP) is 4.75. The highest BCUT2D eigenvalue weighted by Gasteiger charge is 2.34. The van der Waals surface area contributed by atoms with Gasteiger partial charge in [-0.05, 0) is 62.2 Å². The average molecular weight is 629 g/mol. The number of rotatable bonds is 6. The molecule has 1 fully saturated rings. The number of nitrogens with one attached hydrogen (secondary N) is 3. The van der Waals surface area contributed by atoms with Gasteiger partial charge in [0.05, 0.1) is 34.7 Å². The van der Waals surface area contributed by atoms with Crippen LogP contribution in [0.3, 0.4) is 0 Å². The predicted molar refractivity (Wildman–Crippen MR) is 149 cm³/mol. The second-order valence-electron chi connectivity index (χ2n) is 9.67. The molecule has 5 rings (SSSR count). The second kappa shape index (κ2) is 11.0. The number of fused-ring (bicyclic) bond motifs is 1. The summed E-state index contributed by atoms with van der Waals surface area (Å²) < 4.78 is 42.8. The Morgan fingerprint density at radius 3 is 2.49 bits per heavy atom. The van der Waals surface area contributed by atoms with Crippen molar-refractivity contribution in [2.45, 2.75) is 39.0 Å². The van der Waals surface area contributed by atoms with Crippen LogP contribution < -0.4 is 16.0 Å². The Bertz CT molecular complexity index is 1680. The number of aromatic nitrogens is 3. The SMILES string of the molecule is Cc1nn(Cc2ccc(C(=O)NC3CCNC3=O)cc2)c(C)c1NC(=O)c1cc(C(F)(F)F)nc2ccc(Br)cc12. The lowest BCUT2D eigenvalue weighted by Gasteiger charge is -2.13. The van der Waals surface area contributed by atoms with Crippen LogP contribution in [0.1, 0.15) is 49.8 Å². The van der Waals surface area contributed by atoms with E-state index in [9.17, 15) is 27.6 Å². The van der Waals surface area contributed by atoms with Gasteiger partial charge in [0.2, 0.25) is 5.91 Å². The molecule has 212 valence electrons. The van der Waals surface area contributed by atoms with Gasteiger partial charge in [-0.2, -0.15) is 18.3 Å². The number of hydrogen-bond acceptors (Lipinski definition) is 5. The minimum Gasteiger partial charge on any atom is -0.354 e. The molecule has 2 aromatic carbocycles. The normalized spacial score (nSPS) is 15.2. The van der Waals surface area contributed by atoms with E-state index in [0.717, 1.165) is 11.6 Å². The van der Waals surface area contributed by atoms with Gasteiger partial charge in [0.25, 0.3) is 11.8 Å². The number of amides is 3. The van der Waals surface area contributed by atoms with Crippen molar-refractivity contribution in [3.05, 3.63) is 86.8 Å². The molecule has 1 unspecified atom stereocenters. The highest BCUT2D eigenvalue weighted by atomic mass is 79.9. The van der Waals surface area contributed by atoms with E-state index in [2.05, 4.69) is 42.0 Å². The van der Waals surface area contributed by atoms with Crippen LogP contribution in [0.5, 0.6) is 0 Å². The number of hydrogen-bond donors (Lipinski definition) is 3. The molecule has 4 aromatic rings. The van der Waals surface area contributed by atoms with E-state index in [1.165, 1.54) is 6.07 Å². The summed E-state index contributed by atoms with van der Waals surface area (Å²) in [6.45, 7) is 4.28. The van der Waals surface area contributed by atoms with Crippen molar-refractivity contribution >= 4 is 50.2 Å². The molecule has 0 aliphatic carbocycles. The van der Waals surface area contributed by atoms with Gasteiger partial charge in [-0.1, -0.05) is 28.1 Å². The first kappa shape index (κ1) is 28.3. The molecule has 9 nitrogen and oxygen atoms in total. The second-order valence-corrected chi connectivity index (χ2v) is 10.6. The third-order valence-corrected chi connectivity index (χ3v) is 7.32. The Morgan fingerprint density at radius 1 is 1.10 bits per heavy atom. The minimum atomic E-state index is -4.73. The van der Waals surface area contributed by atoms with E-state index >= 15 is 0 Å². The van der Waals surface area contributed by atoms with Crippen LogP contribution in [0.2, 0.25) is 0 Å². The van der Waals surface area contributed by atoms with Gasteiger partial charge >= 0.3 is 6.18 Å². The maximum atomic E-state index is 13.5. The number of carbonyl (C=O) groups is 3. The van der Waals surface area contributed by atoms with Gasteiger partial charge in [-0.15, -0.1) is 0 Å². The Morgan fingerprint density at radius 2 is 1.83 bits per heavy atom. The van der Waals surface area contributed by atoms with E-state index in [-0.39, 0.29) is 28.3 Å². The van der Waals surface area contributed by atoms with Gasteiger partial charge in [-0.25, -0.2) is 4.98 Å². The lowest BCUT2D eigenvalue weighted by molar-refractivity contribution is -0.141. The molecule has 2 aromatic heterocycles. The first-order chi connectivity index (χ1) is 19.4. The third-order valence-electron chi connectivity index (χ3n) is 6.83. The lowest BCUT2D eigenvalue weighted by atomic mass is 10.1. The summed E-state index contributed by atoms with van der Waals surface area (Å²) in [4.78, 5) is 41.2. The first-order valence-electron chi connectivity index (χ1n) is 12.6. The molecular weight excluding hydrogens is 605 g/mol. The Labute approximate surface area is 240 Å². The number of alkyl halides is 3. The summed E-state index contributed by atoms with van der Waals surface area (Å²) in [6, 6.07) is 11.5. The standard InChI is InChI=1S/C28H24BrF3N6O3/c1-14-24(36-26(40)20-12-23(28(30,31)32)34-21-8-7-18(29)11-19(20)21)15(2)38(37-14)13-16-3-5-17(6-4-16)25(39)35-22-9-10-33-27(22)41/h3-8,11-12,22H,9-10,13H2,1-2H3,(H,33,41)(H,35,39)(H,36,40). The molecule has 0 bridgehead atoms. The van der Waals surface area contributed by atoms with Crippen LogP contribution >= 0.6 is 15.9 Å². The zero-order valence-electron chi connectivity index (χ0n) is 21.9. The molecule has 1 aliphatic rings. The molecule has 3 amide bonds. The number of anilines is 1. The molecule has 3 N–H and O–H groups in total. The van der Waals surface area contributed by atoms with E-state index in [1.54, 1.807) is 54.9 Å². The van der Waals surface area contributed by atoms with Crippen LogP contribution in [-0.4, -0.2) is 45.1 Å². The van der Waals surface area contributed by atoms with Gasteiger partial charge in [0.1, 0.15) is 11.7 Å². The van der Waals surface area contributed by atoms with E-state index < -0.39 is 23.8 Å². The number of halogens is 4. The molecule has 3 heterocycles. The van der Waals surface area contributed by atoms with Crippen molar-refractivity contribution in [3.8, 4) is 0 Å². The summed E-state index contributed by atoms with van der Waals surface area (Å²) in [5, 5.41) is 12.9. The molecule has 0 radical (unpaired) electrons. The summed E-state index contributed by atoms with van der Waals surface area (Å²) in [7, 11) is 0. The van der Waals surface area contributed by atoms with Crippen molar-refractivity contribution in [1.82, 2.24) is 25.4 Å². The summed E-state index contributed by atoms with van der Waals surface area (Å²) >= 11 is 3.30. The number of aryl methyl sites for hydroxylation is 1. The van der Waals surface area contributed by atoms with Gasteiger partial charge in [0, 0.05) is 22.0 Å². The largest absolute Gasteiger partial charge is 0.433 e. The van der Waals surface area contributed by atoms with Gasteiger partial charge < -0.3 is 16.0 Å². The molecule has 0 spiro atoms. The van der Waals surface area contributed by atoms with Crippen molar-refractivity contribution in [1.29, 1.82) is 0 Å². The number of nitrogens with zero attached hydrogens (tertiary/aromatic N) is 3. The zero-order valence-corrected chi connectivity index (χ0v) is 23.5.